The Morgan fingerprint density at radius 3 is 2.89 bits per heavy atom. The van der Waals surface area contributed by atoms with Crippen molar-refractivity contribution in [2.75, 3.05) is 26.2 Å². The van der Waals surface area contributed by atoms with Gasteiger partial charge in [-0.05, 0) is 46.1 Å². The van der Waals surface area contributed by atoms with Gasteiger partial charge in [0.2, 0.25) is 0 Å². The molecule has 1 heterocycles. The first-order valence-electron chi connectivity index (χ1n) is 6.54. The summed E-state index contributed by atoms with van der Waals surface area (Å²) in [5.74, 6) is 3.11. The van der Waals surface area contributed by atoms with E-state index in [1.54, 1.807) is 4.90 Å². The van der Waals surface area contributed by atoms with E-state index in [-0.39, 0.29) is 6.09 Å². The van der Waals surface area contributed by atoms with Crippen LogP contribution in [0.5, 0.6) is 0 Å². The number of hydrogen-bond donors (Lipinski definition) is 1. The normalized spacial score (nSPS) is 19.7. The summed E-state index contributed by atoms with van der Waals surface area (Å²) >= 11 is 0. The third-order valence-electron chi connectivity index (χ3n) is 2.89. The largest absolute Gasteiger partial charge is 0.444 e. The standard InChI is InChI=1S/C14H24N2O2/c1-5-8-15-9-6-12-7-10-16(11-12)13(17)18-14(2,3)4/h1,12,15H,6-11H2,2-4H3. The molecule has 1 amide bonds. The molecule has 1 N–H and O–H groups in total. The third-order valence-corrected chi connectivity index (χ3v) is 2.89. The lowest BCUT2D eigenvalue weighted by Gasteiger charge is -2.24. The van der Waals surface area contributed by atoms with Gasteiger partial charge in [0.15, 0.2) is 0 Å². The van der Waals surface area contributed by atoms with Crippen LogP contribution in [0.2, 0.25) is 0 Å². The lowest BCUT2D eigenvalue weighted by Crippen LogP contribution is -2.35. The van der Waals surface area contributed by atoms with Crippen molar-refractivity contribution in [2.45, 2.75) is 39.2 Å². The molecule has 0 aliphatic carbocycles. The van der Waals surface area contributed by atoms with Gasteiger partial charge in [0, 0.05) is 13.1 Å². The van der Waals surface area contributed by atoms with Crippen LogP contribution in [0, 0.1) is 18.3 Å². The van der Waals surface area contributed by atoms with E-state index >= 15 is 0 Å². The molecule has 102 valence electrons. The first kappa shape index (κ1) is 14.8. The summed E-state index contributed by atoms with van der Waals surface area (Å²) in [5.41, 5.74) is -0.413. The second-order valence-electron chi connectivity index (χ2n) is 5.75. The van der Waals surface area contributed by atoms with Crippen LogP contribution < -0.4 is 5.32 Å². The maximum atomic E-state index is 11.8. The van der Waals surface area contributed by atoms with E-state index in [0.717, 1.165) is 32.5 Å². The highest BCUT2D eigenvalue weighted by Crippen LogP contribution is 2.21. The maximum absolute atomic E-state index is 11.8. The molecular weight excluding hydrogens is 228 g/mol. The summed E-state index contributed by atoms with van der Waals surface area (Å²) in [6.07, 6.45) is 7.08. The number of terminal acetylenes is 1. The van der Waals surface area contributed by atoms with E-state index in [0.29, 0.717) is 12.5 Å². The first-order valence-corrected chi connectivity index (χ1v) is 6.54. The van der Waals surface area contributed by atoms with Gasteiger partial charge < -0.3 is 15.0 Å². The highest BCUT2D eigenvalue weighted by atomic mass is 16.6. The SMILES string of the molecule is C#CCNCCC1CCN(C(=O)OC(C)(C)C)C1. The monoisotopic (exact) mass is 252 g/mol. The van der Waals surface area contributed by atoms with Crippen molar-refractivity contribution in [3.05, 3.63) is 0 Å². The molecule has 1 aliphatic rings. The van der Waals surface area contributed by atoms with E-state index in [4.69, 9.17) is 11.2 Å². The molecule has 1 rings (SSSR count). The number of likely N-dealkylation sites (tertiary alicyclic amines) is 1. The van der Waals surface area contributed by atoms with Crippen LogP contribution >= 0.6 is 0 Å². The van der Waals surface area contributed by atoms with Crippen LogP contribution in [0.4, 0.5) is 4.79 Å². The molecule has 0 bridgehead atoms. The van der Waals surface area contributed by atoms with Gasteiger partial charge in [-0.2, -0.15) is 0 Å². The first-order chi connectivity index (χ1) is 8.42. The van der Waals surface area contributed by atoms with Crippen LogP contribution in [0.3, 0.4) is 0 Å². The fourth-order valence-corrected chi connectivity index (χ4v) is 2.03. The number of rotatable bonds is 4. The van der Waals surface area contributed by atoms with E-state index in [9.17, 15) is 4.79 Å². The third kappa shape index (κ3) is 5.42. The molecule has 1 aliphatic heterocycles. The fourth-order valence-electron chi connectivity index (χ4n) is 2.03. The van der Waals surface area contributed by atoms with Crippen molar-refractivity contribution < 1.29 is 9.53 Å². The van der Waals surface area contributed by atoms with Crippen LogP contribution in [-0.4, -0.2) is 42.8 Å². The molecule has 0 spiro atoms. The van der Waals surface area contributed by atoms with E-state index < -0.39 is 5.60 Å². The number of nitrogens with one attached hydrogen (secondary N) is 1. The minimum Gasteiger partial charge on any atom is -0.444 e. The topological polar surface area (TPSA) is 41.6 Å². The molecular formula is C14H24N2O2. The lowest BCUT2D eigenvalue weighted by molar-refractivity contribution is 0.0287. The molecule has 1 saturated heterocycles. The number of hydrogen-bond acceptors (Lipinski definition) is 3. The average Bonchev–Trinajstić information content (AvgIpc) is 2.71. The van der Waals surface area contributed by atoms with Gasteiger partial charge in [0.25, 0.3) is 0 Å². The Labute approximate surface area is 110 Å². The predicted molar refractivity (Wildman–Crippen MR) is 72.2 cm³/mol. The fraction of sp³-hybridized carbons (Fsp3) is 0.786. The molecule has 0 aromatic heterocycles. The summed E-state index contributed by atoms with van der Waals surface area (Å²) in [6.45, 7) is 8.80. The van der Waals surface area contributed by atoms with Gasteiger partial charge in [0.1, 0.15) is 5.60 Å². The quantitative estimate of drug-likeness (QED) is 0.613. The minimum atomic E-state index is -0.413. The van der Waals surface area contributed by atoms with Crippen LogP contribution in [0.15, 0.2) is 0 Å². The number of carbonyl (C=O) groups is 1. The Kier molecular flexibility index (Phi) is 5.49. The number of amides is 1. The Bertz CT molecular complexity index is 315. The molecule has 1 unspecified atom stereocenters. The van der Waals surface area contributed by atoms with Crippen LogP contribution in [0.25, 0.3) is 0 Å². The smallest absolute Gasteiger partial charge is 0.410 e. The molecule has 0 saturated carbocycles. The van der Waals surface area contributed by atoms with Crippen molar-refractivity contribution in [1.82, 2.24) is 10.2 Å². The summed E-state index contributed by atoms with van der Waals surface area (Å²) in [4.78, 5) is 13.6. The molecule has 1 fully saturated rings. The number of ether oxygens (including phenoxy) is 1. The van der Waals surface area contributed by atoms with E-state index in [2.05, 4.69) is 11.2 Å². The van der Waals surface area contributed by atoms with Crippen molar-refractivity contribution >= 4 is 6.09 Å². The van der Waals surface area contributed by atoms with Gasteiger partial charge in [-0.3, -0.25) is 0 Å². The Balaban J connectivity index is 2.24. The summed E-state index contributed by atoms with van der Waals surface area (Å²) in [6, 6.07) is 0. The summed E-state index contributed by atoms with van der Waals surface area (Å²) in [7, 11) is 0. The Morgan fingerprint density at radius 1 is 1.56 bits per heavy atom. The zero-order valence-electron chi connectivity index (χ0n) is 11.7. The van der Waals surface area contributed by atoms with Crippen molar-refractivity contribution in [3.8, 4) is 12.3 Å². The summed E-state index contributed by atoms with van der Waals surface area (Å²) < 4.78 is 5.36. The summed E-state index contributed by atoms with van der Waals surface area (Å²) in [5, 5.41) is 3.17. The van der Waals surface area contributed by atoms with E-state index in [1.807, 2.05) is 20.8 Å². The number of carbonyl (C=O) groups excluding carboxylic acids is 1. The van der Waals surface area contributed by atoms with E-state index in [1.165, 1.54) is 0 Å². The molecule has 4 heteroatoms. The van der Waals surface area contributed by atoms with Gasteiger partial charge in [0.05, 0.1) is 6.54 Å². The van der Waals surface area contributed by atoms with Gasteiger partial charge in [-0.15, -0.1) is 6.42 Å². The minimum absolute atomic E-state index is 0.193. The second-order valence-corrected chi connectivity index (χ2v) is 5.75. The van der Waals surface area contributed by atoms with Gasteiger partial charge in [-0.1, -0.05) is 5.92 Å². The van der Waals surface area contributed by atoms with Crippen LogP contribution in [0.1, 0.15) is 33.6 Å². The molecule has 4 nitrogen and oxygen atoms in total. The second kappa shape index (κ2) is 6.65. The highest BCUT2D eigenvalue weighted by molar-refractivity contribution is 5.68. The van der Waals surface area contributed by atoms with Crippen LogP contribution in [-0.2, 0) is 4.74 Å². The highest BCUT2D eigenvalue weighted by Gasteiger charge is 2.29. The molecule has 0 aromatic carbocycles. The number of nitrogens with zero attached hydrogens (tertiary/aromatic N) is 1. The zero-order valence-corrected chi connectivity index (χ0v) is 11.7. The lowest BCUT2D eigenvalue weighted by atomic mass is 10.1. The van der Waals surface area contributed by atoms with Crippen molar-refractivity contribution in [1.29, 1.82) is 0 Å². The van der Waals surface area contributed by atoms with Gasteiger partial charge >= 0.3 is 6.09 Å². The predicted octanol–water partition coefficient (Wildman–Crippen LogP) is 1.86. The Morgan fingerprint density at radius 2 is 2.28 bits per heavy atom. The molecule has 1 atom stereocenters. The molecule has 18 heavy (non-hydrogen) atoms. The Hall–Kier alpha value is -1.21. The van der Waals surface area contributed by atoms with Gasteiger partial charge in [-0.25, -0.2) is 4.79 Å². The molecule has 0 radical (unpaired) electrons. The average molecular weight is 252 g/mol. The van der Waals surface area contributed by atoms with Crippen molar-refractivity contribution in [2.24, 2.45) is 5.92 Å². The maximum Gasteiger partial charge on any atom is 0.410 e. The zero-order chi connectivity index (χ0) is 13.6. The molecule has 0 aromatic rings. The van der Waals surface area contributed by atoms with Crippen molar-refractivity contribution in [3.63, 3.8) is 0 Å².